The third-order valence-electron chi connectivity index (χ3n) is 3.33. The molecule has 0 fully saturated rings. The second-order valence-corrected chi connectivity index (χ2v) is 4.48. The minimum absolute atomic E-state index is 0.397. The van der Waals surface area contributed by atoms with Crippen molar-refractivity contribution in [3.8, 4) is 0 Å². The van der Waals surface area contributed by atoms with Crippen molar-refractivity contribution < 1.29 is 0 Å². The van der Waals surface area contributed by atoms with Gasteiger partial charge in [0.15, 0.2) is 0 Å². The zero-order valence-electron chi connectivity index (χ0n) is 9.69. The summed E-state index contributed by atoms with van der Waals surface area (Å²) in [5.74, 6) is 0.397. The molecule has 1 unspecified atom stereocenters. The van der Waals surface area contributed by atoms with Crippen molar-refractivity contribution in [3.05, 3.63) is 78.0 Å². The molecule has 0 amide bonds. The first kappa shape index (κ1) is 10.2. The van der Waals surface area contributed by atoms with E-state index in [4.69, 9.17) is 0 Å². The quantitative estimate of drug-likeness (QED) is 0.809. The van der Waals surface area contributed by atoms with E-state index < -0.39 is 0 Å². The Hall–Kier alpha value is -2.02. The first-order chi connectivity index (χ1) is 8.34. The molecule has 2 aromatic carbocycles. The average Bonchev–Trinajstić information content (AvgIpc) is 2.68. The molecule has 0 aliphatic carbocycles. The molecule has 1 aliphatic heterocycles. The summed E-state index contributed by atoms with van der Waals surface area (Å²) in [5, 5.41) is 3.37. The molecule has 17 heavy (non-hydrogen) atoms. The van der Waals surface area contributed by atoms with E-state index in [1.807, 2.05) is 0 Å². The molecule has 1 heterocycles. The second-order valence-electron chi connectivity index (χ2n) is 4.48. The molecular formula is C16H15N. The molecule has 0 saturated carbocycles. The van der Waals surface area contributed by atoms with Gasteiger partial charge in [-0.3, -0.25) is 0 Å². The highest BCUT2D eigenvalue weighted by molar-refractivity contribution is 5.64. The molecule has 2 aromatic rings. The maximum absolute atomic E-state index is 4.14. The SMILES string of the molecule is C=C1Nc2ccccc2C1Cc1ccccc1. The Balaban J connectivity index is 1.92. The van der Waals surface area contributed by atoms with Gasteiger partial charge in [0.05, 0.1) is 0 Å². The van der Waals surface area contributed by atoms with Crippen LogP contribution in [0.1, 0.15) is 17.0 Å². The number of rotatable bonds is 2. The molecular weight excluding hydrogens is 206 g/mol. The van der Waals surface area contributed by atoms with Crippen molar-refractivity contribution in [1.29, 1.82) is 0 Å². The van der Waals surface area contributed by atoms with E-state index in [1.165, 1.54) is 16.8 Å². The number of fused-ring (bicyclic) bond motifs is 1. The summed E-state index contributed by atoms with van der Waals surface area (Å²) in [4.78, 5) is 0. The maximum atomic E-state index is 4.14. The number of hydrogen-bond acceptors (Lipinski definition) is 1. The molecule has 0 spiro atoms. The van der Waals surface area contributed by atoms with E-state index >= 15 is 0 Å². The first-order valence-electron chi connectivity index (χ1n) is 5.93. The Morgan fingerprint density at radius 1 is 0.941 bits per heavy atom. The smallest absolute Gasteiger partial charge is 0.0421 e. The number of allylic oxidation sites excluding steroid dienone is 1. The molecule has 0 radical (unpaired) electrons. The summed E-state index contributed by atoms with van der Waals surface area (Å²) >= 11 is 0. The van der Waals surface area contributed by atoms with E-state index in [0.717, 1.165) is 12.1 Å². The molecule has 3 rings (SSSR count). The summed E-state index contributed by atoms with van der Waals surface area (Å²) in [6.45, 7) is 4.14. The lowest BCUT2D eigenvalue weighted by molar-refractivity contribution is 0.824. The monoisotopic (exact) mass is 221 g/mol. The van der Waals surface area contributed by atoms with Crippen molar-refractivity contribution in [2.75, 3.05) is 5.32 Å². The van der Waals surface area contributed by atoms with Crippen molar-refractivity contribution in [2.45, 2.75) is 12.3 Å². The van der Waals surface area contributed by atoms with E-state index in [9.17, 15) is 0 Å². The average molecular weight is 221 g/mol. The van der Waals surface area contributed by atoms with Crippen LogP contribution in [0.25, 0.3) is 0 Å². The van der Waals surface area contributed by atoms with Crippen LogP contribution >= 0.6 is 0 Å². The number of hydrogen-bond donors (Lipinski definition) is 1. The summed E-state index contributed by atoms with van der Waals surface area (Å²) in [5.41, 5.74) is 5.03. The van der Waals surface area contributed by atoms with Gasteiger partial charge in [-0.05, 0) is 23.6 Å². The van der Waals surface area contributed by atoms with Crippen molar-refractivity contribution in [2.24, 2.45) is 0 Å². The predicted octanol–water partition coefficient (Wildman–Crippen LogP) is 3.95. The Morgan fingerprint density at radius 3 is 2.47 bits per heavy atom. The van der Waals surface area contributed by atoms with Crippen LogP contribution in [0.15, 0.2) is 66.9 Å². The highest BCUT2D eigenvalue weighted by atomic mass is 14.9. The minimum Gasteiger partial charge on any atom is -0.359 e. The maximum Gasteiger partial charge on any atom is 0.0421 e. The summed E-state index contributed by atoms with van der Waals surface area (Å²) < 4.78 is 0. The topological polar surface area (TPSA) is 12.0 Å². The fourth-order valence-corrected chi connectivity index (χ4v) is 2.45. The molecule has 1 atom stereocenters. The largest absolute Gasteiger partial charge is 0.359 e. The van der Waals surface area contributed by atoms with Gasteiger partial charge in [-0.2, -0.15) is 0 Å². The van der Waals surface area contributed by atoms with Crippen molar-refractivity contribution >= 4 is 5.69 Å². The van der Waals surface area contributed by atoms with Crippen LogP contribution in [0.2, 0.25) is 0 Å². The molecule has 1 heteroatoms. The predicted molar refractivity (Wildman–Crippen MR) is 72.1 cm³/mol. The molecule has 1 N–H and O–H groups in total. The first-order valence-corrected chi connectivity index (χ1v) is 5.93. The Labute approximate surface area is 102 Å². The highest BCUT2D eigenvalue weighted by Gasteiger charge is 2.25. The molecule has 84 valence electrons. The fraction of sp³-hybridized carbons (Fsp3) is 0.125. The highest BCUT2D eigenvalue weighted by Crippen LogP contribution is 2.39. The molecule has 0 aromatic heterocycles. The summed E-state index contributed by atoms with van der Waals surface area (Å²) in [6.07, 6.45) is 1.02. The lowest BCUT2D eigenvalue weighted by Crippen LogP contribution is -2.02. The van der Waals surface area contributed by atoms with Gasteiger partial charge in [0.25, 0.3) is 0 Å². The van der Waals surface area contributed by atoms with Crippen LogP contribution in [0.5, 0.6) is 0 Å². The summed E-state index contributed by atoms with van der Waals surface area (Å²) in [6, 6.07) is 19.0. The van der Waals surface area contributed by atoms with Gasteiger partial charge in [-0.25, -0.2) is 0 Å². The molecule has 1 nitrogen and oxygen atoms in total. The van der Waals surface area contributed by atoms with Gasteiger partial charge in [0.1, 0.15) is 0 Å². The van der Waals surface area contributed by atoms with Gasteiger partial charge in [0.2, 0.25) is 0 Å². The number of anilines is 1. The van der Waals surface area contributed by atoms with Crippen LogP contribution < -0.4 is 5.32 Å². The lowest BCUT2D eigenvalue weighted by atomic mass is 9.92. The van der Waals surface area contributed by atoms with E-state index in [0.29, 0.717) is 5.92 Å². The van der Waals surface area contributed by atoms with E-state index in [-0.39, 0.29) is 0 Å². The lowest BCUT2D eigenvalue weighted by Gasteiger charge is -2.11. The Bertz CT molecular complexity index is 542. The van der Waals surface area contributed by atoms with Gasteiger partial charge in [0, 0.05) is 17.3 Å². The van der Waals surface area contributed by atoms with E-state index in [1.54, 1.807) is 0 Å². The standard InChI is InChI=1S/C16H15N/c1-12-15(11-13-7-3-2-4-8-13)14-9-5-6-10-16(14)17-12/h2-10,15,17H,1,11H2. The Kier molecular flexibility index (Phi) is 2.45. The fourth-order valence-electron chi connectivity index (χ4n) is 2.45. The zero-order chi connectivity index (χ0) is 11.7. The van der Waals surface area contributed by atoms with Crippen LogP contribution in [0.3, 0.4) is 0 Å². The molecule has 0 saturated heterocycles. The van der Waals surface area contributed by atoms with E-state index in [2.05, 4.69) is 66.5 Å². The summed E-state index contributed by atoms with van der Waals surface area (Å²) in [7, 11) is 0. The van der Waals surface area contributed by atoms with Crippen molar-refractivity contribution in [1.82, 2.24) is 0 Å². The third kappa shape index (κ3) is 1.84. The van der Waals surface area contributed by atoms with Gasteiger partial charge < -0.3 is 5.32 Å². The van der Waals surface area contributed by atoms with Gasteiger partial charge in [-0.15, -0.1) is 0 Å². The van der Waals surface area contributed by atoms with Gasteiger partial charge in [-0.1, -0.05) is 55.1 Å². The molecule has 0 bridgehead atoms. The normalized spacial score (nSPS) is 17.6. The van der Waals surface area contributed by atoms with Crippen LogP contribution in [-0.4, -0.2) is 0 Å². The molecule has 1 aliphatic rings. The Morgan fingerprint density at radius 2 is 1.65 bits per heavy atom. The second kappa shape index (κ2) is 4.10. The van der Waals surface area contributed by atoms with Gasteiger partial charge >= 0.3 is 0 Å². The third-order valence-corrected chi connectivity index (χ3v) is 3.33. The van der Waals surface area contributed by atoms with Crippen LogP contribution in [-0.2, 0) is 6.42 Å². The zero-order valence-corrected chi connectivity index (χ0v) is 9.69. The number of para-hydroxylation sites is 1. The number of benzene rings is 2. The van der Waals surface area contributed by atoms with Crippen LogP contribution in [0, 0.1) is 0 Å². The minimum atomic E-state index is 0.397. The number of nitrogens with one attached hydrogen (secondary N) is 1. The van der Waals surface area contributed by atoms with Crippen LogP contribution in [0.4, 0.5) is 5.69 Å². The van der Waals surface area contributed by atoms with Crippen molar-refractivity contribution in [3.63, 3.8) is 0 Å².